The standard InChI is InChI=1S/C16H18BrF3N4S/c1-10-4-6-12(7-5-10)22-15(25)21-8-3-9-24-11(2)13(17)14(23-24)16(18,19)20/h4-7H,3,8-9H2,1-2H3,(H2,21,22,25). The Bertz CT molecular complexity index is 741. The van der Waals surface area contributed by atoms with Gasteiger partial charge < -0.3 is 10.6 Å². The highest BCUT2D eigenvalue weighted by molar-refractivity contribution is 9.10. The topological polar surface area (TPSA) is 41.9 Å². The van der Waals surface area contributed by atoms with Gasteiger partial charge in [0.2, 0.25) is 0 Å². The van der Waals surface area contributed by atoms with E-state index in [1.165, 1.54) is 4.68 Å². The molecule has 25 heavy (non-hydrogen) atoms. The number of thiocarbonyl (C=S) groups is 1. The van der Waals surface area contributed by atoms with E-state index in [0.717, 1.165) is 11.3 Å². The van der Waals surface area contributed by atoms with E-state index < -0.39 is 11.9 Å². The number of aromatic nitrogens is 2. The lowest BCUT2D eigenvalue weighted by molar-refractivity contribution is -0.142. The molecule has 2 aromatic rings. The lowest BCUT2D eigenvalue weighted by Crippen LogP contribution is -2.29. The third-order valence-electron chi connectivity index (χ3n) is 3.54. The van der Waals surface area contributed by atoms with Crippen molar-refractivity contribution >= 4 is 38.9 Å². The summed E-state index contributed by atoms with van der Waals surface area (Å²) < 4.78 is 39.8. The van der Waals surface area contributed by atoms with Crippen molar-refractivity contribution in [1.29, 1.82) is 0 Å². The lowest BCUT2D eigenvalue weighted by Gasteiger charge is -2.11. The van der Waals surface area contributed by atoms with Gasteiger partial charge in [0.25, 0.3) is 0 Å². The molecule has 0 atom stereocenters. The Hall–Kier alpha value is -1.61. The van der Waals surface area contributed by atoms with E-state index in [-0.39, 0.29) is 4.47 Å². The molecule has 0 unspecified atom stereocenters. The summed E-state index contributed by atoms with van der Waals surface area (Å²) in [7, 11) is 0. The maximum absolute atomic E-state index is 12.8. The van der Waals surface area contributed by atoms with Gasteiger partial charge in [-0.2, -0.15) is 18.3 Å². The quantitative estimate of drug-likeness (QED) is 0.530. The van der Waals surface area contributed by atoms with Crippen LogP contribution in [0.4, 0.5) is 18.9 Å². The van der Waals surface area contributed by atoms with Crippen LogP contribution in [-0.4, -0.2) is 21.4 Å². The zero-order valence-electron chi connectivity index (χ0n) is 13.7. The number of nitrogens with zero attached hydrogens (tertiary/aromatic N) is 2. The predicted molar refractivity (Wildman–Crippen MR) is 99.7 cm³/mol. The van der Waals surface area contributed by atoms with Crippen LogP contribution < -0.4 is 10.6 Å². The zero-order chi connectivity index (χ0) is 18.6. The Morgan fingerprint density at radius 2 is 1.88 bits per heavy atom. The third kappa shape index (κ3) is 5.43. The van der Waals surface area contributed by atoms with E-state index in [4.69, 9.17) is 12.2 Å². The van der Waals surface area contributed by atoms with Crippen molar-refractivity contribution in [1.82, 2.24) is 15.1 Å². The minimum Gasteiger partial charge on any atom is -0.362 e. The van der Waals surface area contributed by atoms with Gasteiger partial charge in [0, 0.05) is 18.8 Å². The van der Waals surface area contributed by atoms with Crippen molar-refractivity contribution in [3.8, 4) is 0 Å². The van der Waals surface area contributed by atoms with Gasteiger partial charge in [-0.25, -0.2) is 0 Å². The van der Waals surface area contributed by atoms with Crippen LogP contribution in [0.15, 0.2) is 28.7 Å². The van der Waals surface area contributed by atoms with Crippen molar-refractivity contribution in [3.63, 3.8) is 0 Å². The first-order valence-electron chi connectivity index (χ1n) is 7.60. The third-order valence-corrected chi connectivity index (χ3v) is 4.74. The molecule has 0 saturated heterocycles. The molecule has 0 aliphatic carbocycles. The van der Waals surface area contributed by atoms with Crippen LogP contribution in [0, 0.1) is 13.8 Å². The Morgan fingerprint density at radius 1 is 1.24 bits per heavy atom. The van der Waals surface area contributed by atoms with Gasteiger partial charge >= 0.3 is 6.18 Å². The van der Waals surface area contributed by atoms with Gasteiger partial charge in [-0.05, 0) is 60.5 Å². The molecule has 0 radical (unpaired) electrons. The molecule has 2 rings (SSSR count). The van der Waals surface area contributed by atoms with Crippen LogP contribution in [0.3, 0.4) is 0 Å². The van der Waals surface area contributed by atoms with E-state index >= 15 is 0 Å². The highest BCUT2D eigenvalue weighted by atomic mass is 79.9. The second-order valence-electron chi connectivity index (χ2n) is 5.57. The summed E-state index contributed by atoms with van der Waals surface area (Å²) in [5.41, 5.74) is 1.59. The van der Waals surface area contributed by atoms with E-state index in [0.29, 0.717) is 30.3 Å². The Labute approximate surface area is 157 Å². The molecule has 1 aromatic carbocycles. The fraction of sp³-hybridized carbons (Fsp3) is 0.375. The van der Waals surface area contributed by atoms with E-state index in [1.54, 1.807) is 6.92 Å². The molecule has 0 saturated carbocycles. The fourth-order valence-corrected chi connectivity index (χ4v) is 2.89. The van der Waals surface area contributed by atoms with Crippen LogP contribution in [0.5, 0.6) is 0 Å². The maximum Gasteiger partial charge on any atom is 0.436 e. The molecule has 1 heterocycles. The summed E-state index contributed by atoms with van der Waals surface area (Å²) in [5.74, 6) is 0. The molecule has 1 aromatic heterocycles. The lowest BCUT2D eigenvalue weighted by atomic mass is 10.2. The van der Waals surface area contributed by atoms with Crippen LogP contribution >= 0.6 is 28.1 Å². The Balaban J connectivity index is 1.81. The van der Waals surface area contributed by atoms with Gasteiger partial charge in [-0.15, -0.1) is 0 Å². The first-order chi connectivity index (χ1) is 11.7. The van der Waals surface area contributed by atoms with Crippen molar-refractivity contribution in [2.45, 2.75) is 33.0 Å². The molecule has 0 aliphatic rings. The fourth-order valence-electron chi connectivity index (χ4n) is 2.17. The first-order valence-corrected chi connectivity index (χ1v) is 8.80. The number of benzene rings is 1. The van der Waals surface area contributed by atoms with E-state index in [9.17, 15) is 13.2 Å². The zero-order valence-corrected chi connectivity index (χ0v) is 16.1. The van der Waals surface area contributed by atoms with Crippen molar-refractivity contribution in [2.75, 3.05) is 11.9 Å². The number of anilines is 1. The van der Waals surface area contributed by atoms with Crippen molar-refractivity contribution in [3.05, 3.63) is 45.7 Å². The molecule has 0 spiro atoms. The maximum atomic E-state index is 12.8. The minimum atomic E-state index is -4.47. The number of hydrogen-bond donors (Lipinski definition) is 2. The number of aryl methyl sites for hydroxylation is 2. The van der Waals surface area contributed by atoms with Gasteiger partial charge in [0.05, 0.1) is 10.2 Å². The molecular formula is C16H18BrF3N4S. The number of nitrogens with one attached hydrogen (secondary N) is 2. The number of alkyl halides is 3. The number of hydrogen-bond acceptors (Lipinski definition) is 2. The Kier molecular flexibility index (Phi) is 6.45. The molecule has 0 amide bonds. The average molecular weight is 435 g/mol. The molecule has 0 aliphatic heterocycles. The Morgan fingerprint density at radius 3 is 2.44 bits per heavy atom. The first kappa shape index (κ1) is 19.7. The molecule has 2 N–H and O–H groups in total. The smallest absolute Gasteiger partial charge is 0.362 e. The largest absolute Gasteiger partial charge is 0.436 e. The highest BCUT2D eigenvalue weighted by Gasteiger charge is 2.37. The minimum absolute atomic E-state index is 0.00971. The van der Waals surface area contributed by atoms with Gasteiger partial charge in [-0.1, -0.05) is 17.7 Å². The van der Waals surface area contributed by atoms with Gasteiger partial charge in [0.1, 0.15) is 0 Å². The summed E-state index contributed by atoms with van der Waals surface area (Å²) >= 11 is 8.16. The molecular weight excluding hydrogens is 417 g/mol. The SMILES string of the molecule is Cc1ccc(NC(=S)NCCCn2nc(C(F)(F)F)c(Br)c2C)cc1. The van der Waals surface area contributed by atoms with Crippen LogP contribution in [0.25, 0.3) is 0 Å². The number of rotatable bonds is 5. The van der Waals surface area contributed by atoms with Gasteiger partial charge in [0.15, 0.2) is 10.8 Å². The molecule has 9 heteroatoms. The predicted octanol–water partition coefficient (Wildman–Crippen LogP) is 4.66. The van der Waals surface area contributed by atoms with E-state index in [2.05, 4.69) is 31.7 Å². The van der Waals surface area contributed by atoms with Crippen molar-refractivity contribution < 1.29 is 13.2 Å². The summed E-state index contributed by atoms with van der Waals surface area (Å²) in [6, 6.07) is 7.79. The van der Waals surface area contributed by atoms with E-state index in [1.807, 2.05) is 31.2 Å². The number of halogens is 4. The summed E-state index contributed by atoms with van der Waals surface area (Å²) in [5, 5.41) is 10.2. The summed E-state index contributed by atoms with van der Waals surface area (Å²) in [6.45, 7) is 4.49. The van der Waals surface area contributed by atoms with Crippen molar-refractivity contribution in [2.24, 2.45) is 0 Å². The normalized spacial score (nSPS) is 11.4. The van der Waals surface area contributed by atoms with Gasteiger partial charge in [-0.3, -0.25) is 4.68 Å². The van der Waals surface area contributed by atoms with Crippen LogP contribution in [-0.2, 0) is 12.7 Å². The summed E-state index contributed by atoms with van der Waals surface area (Å²) in [4.78, 5) is 0. The summed E-state index contributed by atoms with van der Waals surface area (Å²) in [6.07, 6.45) is -3.88. The molecule has 0 fully saturated rings. The monoisotopic (exact) mass is 434 g/mol. The second-order valence-corrected chi connectivity index (χ2v) is 6.77. The second kappa shape index (κ2) is 8.18. The molecule has 4 nitrogen and oxygen atoms in total. The highest BCUT2D eigenvalue weighted by Crippen LogP contribution is 2.35. The molecule has 0 bridgehead atoms. The van der Waals surface area contributed by atoms with Crippen LogP contribution in [0.1, 0.15) is 23.4 Å². The molecule has 136 valence electrons. The average Bonchev–Trinajstić information content (AvgIpc) is 2.82. The van der Waals surface area contributed by atoms with Crippen LogP contribution in [0.2, 0.25) is 0 Å².